The third-order valence-electron chi connectivity index (χ3n) is 3.22. The molecule has 0 aliphatic heterocycles. The second kappa shape index (κ2) is 8.15. The molecule has 2 N–H and O–H groups in total. The maximum Gasteiger partial charge on any atom is 0.118 e. The maximum absolute atomic E-state index is 6.13. The molecule has 0 aliphatic carbocycles. The van der Waals surface area contributed by atoms with Crippen molar-refractivity contribution in [1.82, 2.24) is 4.90 Å². The second-order valence-electron chi connectivity index (χ2n) is 4.75. The molecule has 0 aliphatic rings. The van der Waals surface area contributed by atoms with Gasteiger partial charge < -0.3 is 15.2 Å². The van der Waals surface area contributed by atoms with Crippen molar-refractivity contribution in [2.24, 2.45) is 5.73 Å². The van der Waals surface area contributed by atoms with Crippen LogP contribution in [0.5, 0.6) is 5.75 Å². The lowest BCUT2D eigenvalue weighted by atomic mass is 9.99. The van der Waals surface area contributed by atoms with Crippen LogP contribution in [-0.4, -0.2) is 44.9 Å². The standard InChI is InChI=1S/C15H26N2O2/c1-5-19-11-10-17(3)15(12(2)16)13-6-8-14(18-4)9-7-13/h6-9,12,15H,5,10-11,16H2,1-4H3. The normalized spacial score (nSPS) is 14.4. The summed E-state index contributed by atoms with van der Waals surface area (Å²) in [6.45, 7) is 6.39. The van der Waals surface area contributed by atoms with Gasteiger partial charge in [0, 0.05) is 25.2 Å². The Bertz CT molecular complexity index is 352. The van der Waals surface area contributed by atoms with Crippen molar-refractivity contribution < 1.29 is 9.47 Å². The fourth-order valence-electron chi connectivity index (χ4n) is 2.25. The Balaban J connectivity index is 2.74. The van der Waals surface area contributed by atoms with E-state index >= 15 is 0 Å². The Morgan fingerprint density at radius 2 is 1.89 bits per heavy atom. The van der Waals surface area contributed by atoms with Crippen molar-refractivity contribution in [1.29, 1.82) is 0 Å². The molecular weight excluding hydrogens is 240 g/mol. The zero-order chi connectivity index (χ0) is 14.3. The largest absolute Gasteiger partial charge is 0.497 e. The number of likely N-dealkylation sites (N-methyl/N-ethyl adjacent to an activating group) is 1. The van der Waals surface area contributed by atoms with Crippen LogP contribution >= 0.6 is 0 Å². The number of benzene rings is 1. The molecule has 0 saturated carbocycles. The minimum atomic E-state index is 0.0556. The van der Waals surface area contributed by atoms with Gasteiger partial charge in [-0.1, -0.05) is 12.1 Å². The van der Waals surface area contributed by atoms with Gasteiger partial charge in [-0.25, -0.2) is 0 Å². The summed E-state index contributed by atoms with van der Waals surface area (Å²) in [6, 6.07) is 8.34. The Hall–Kier alpha value is -1.10. The van der Waals surface area contributed by atoms with Crippen molar-refractivity contribution in [2.45, 2.75) is 25.9 Å². The molecule has 0 spiro atoms. The quantitative estimate of drug-likeness (QED) is 0.732. The predicted molar refractivity (Wildman–Crippen MR) is 78.5 cm³/mol. The summed E-state index contributed by atoms with van der Waals surface area (Å²) < 4.78 is 10.6. The fraction of sp³-hybridized carbons (Fsp3) is 0.600. The van der Waals surface area contributed by atoms with Crippen LogP contribution in [0.4, 0.5) is 0 Å². The van der Waals surface area contributed by atoms with Gasteiger partial charge in [-0.05, 0) is 38.6 Å². The average molecular weight is 266 g/mol. The van der Waals surface area contributed by atoms with E-state index in [-0.39, 0.29) is 12.1 Å². The van der Waals surface area contributed by atoms with Crippen molar-refractivity contribution in [3.63, 3.8) is 0 Å². The van der Waals surface area contributed by atoms with Crippen LogP contribution in [0.2, 0.25) is 0 Å². The first-order chi connectivity index (χ1) is 9.10. The number of nitrogens with zero attached hydrogens (tertiary/aromatic N) is 1. The smallest absolute Gasteiger partial charge is 0.118 e. The molecule has 2 atom stereocenters. The summed E-state index contributed by atoms with van der Waals surface area (Å²) in [5.41, 5.74) is 7.33. The van der Waals surface area contributed by atoms with Gasteiger partial charge in [0.15, 0.2) is 0 Å². The number of ether oxygens (including phenoxy) is 2. The van der Waals surface area contributed by atoms with Crippen molar-refractivity contribution in [2.75, 3.05) is 33.9 Å². The molecule has 19 heavy (non-hydrogen) atoms. The molecule has 2 unspecified atom stereocenters. The van der Waals surface area contributed by atoms with Gasteiger partial charge >= 0.3 is 0 Å². The first-order valence-corrected chi connectivity index (χ1v) is 6.77. The van der Waals surface area contributed by atoms with Gasteiger partial charge in [0.25, 0.3) is 0 Å². The number of hydrogen-bond acceptors (Lipinski definition) is 4. The van der Waals surface area contributed by atoms with E-state index in [4.69, 9.17) is 15.2 Å². The second-order valence-corrected chi connectivity index (χ2v) is 4.75. The summed E-state index contributed by atoms with van der Waals surface area (Å²) in [6.07, 6.45) is 0. The molecule has 1 aromatic carbocycles. The van der Waals surface area contributed by atoms with Crippen LogP contribution in [0.1, 0.15) is 25.5 Å². The maximum atomic E-state index is 6.13. The van der Waals surface area contributed by atoms with Gasteiger partial charge in [0.1, 0.15) is 5.75 Å². The highest BCUT2D eigenvalue weighted by Gasteiger charge is 2.20. The Morgan fingerprint density at radius 3 is 2.37 bits per heavy atom. The summed E-state index contributed by atoms with van der Waals surface area (Å²) in [5.74, 6) is 0.865. The highest BCUT2D eigenvalue weighted by atomic mass is 16.5. The van der Waals surface area contributed by atoms with Crippen LogP contribution in [0.25, 0.3) is 0 Å². The van der Waals surface area contributed by atoms with Crippen LogP contribution in [0, 0.1) is 0 Å². The van der Waals surface area contributed by atoms with E-state index in [0.29, 0.717) is 0 Å². The Kier molecular flexibility index (Phi) is 6.84. The van der Waals surface area contributed by atoms with E-state index in [9.17, 15) is 0 Å². The predicted octanol–water partition coefficient (Wildman–Crippen LogP) is 2.05. The third kappa shape index (κ3) is 4.82. The number of nitrogens with two attached hydrogens (primary N) is 1. The van der Waals surface area contributed by atoms with Gasteiger partial charge in [-0.3, -0.25) is 4.90 Å². The lowest BCUT2D eigenvalue weighted by Gasteiger charge is -2.31. The lowest BCUT2D eigenvalue weighted by molar-refractivity contribution is 0.102. The molecule has 108 valence electrons. The molecule has 4 nitrogen and oxygen atoms in total. The summed E-state index contributed by atoms with van der Waals surface area (Å²) in [4.78, 5) is 2.24. The van der Waals surface area contributed by atoms with E-state index in [0.717, 1.165) is 25.5 Å². The molecule has 4 heteroatoms. The molecule has 0 aromatic heterocycles. The van der Waals surface area contributed by atoms with Crippen molar-refractivity contribution in [3.05, 3.63) is 29.8 Å². The minimum Gasteiger partial charge on any atom is -0.497 e. The lowest BCUT2D eigenvalue weighted by Crippen LogP contribution is -2.38. The molecule has 0 heterocycles. The Morgan fingerprint density at radius 1 is 1.26 bits per heavy atom. The van der Waals surface area contributed by atoms with E-state index in [1.807, 2.05) is 26.0 Å². The van der Waals surface area contributed by atoms with Crippen molar-refractivity contribution in [3.8, 4) is 5.75 Å². The van der Waals surface area contributed by atoms with Crippen LogP contribution < -0.4 is 10.5 Å². The van der Waals surface area contributed by atoms with Gasteiger partial charge in [-0.15, -0.1) is 0 Å². The zero-order valence-electron chi connectivity index (χ0n) is 12.4. The Labute approximate surface area is 116 Å². The SMILES string of the molecule is CCOCCN(C)C(c1ccc(OC)cc1)C(C)N. The van der Waals surface area contributed by atoms with Crippen molar-refractivity contribution >= 4 is 0 Å². The highest BCUT2D eigenvalue weighted by Crippen LogP contribution is 2.24. The first kappa shape index (κ1) is 16.0. The molecule has 0 saturated heterocycles. The van der Waals surface area contributed by atoms with Crippen LogP contribution in [-0.2, 0) is 4.74 Å². The fourth-order valence-corrected chi connectivity index (χ4v) is 2.25. The van der Waals surface area contributed by atoms with Gasteiger partial charge in [0.05, 0.1) is 13.7 Å². The first-order valence-electron chi connectivity index (χ1n) is 6.77. The molecule has 1 rings (SSSR count). The average Bonchev–Trinajstić information content (AvgIpc) is 2.39. The van der Waals surface area contributed by atoms with E-state index in [2.05, 4.69) is 24.1 Å². The van der Waals surface area contributed by atoms with Crippen LogP contribution in [0.3, 0.4) is 0 Å². The molecular formula is C15H26N2O2. The molecule has 1 aromatic rings. The minimum absolute atomic E-state index is 0.0556. The molecule has 0 bridgehead atoms. The molecule has 0 amide bonds. The summed E-state index contributed by atoms with van der Waals surface area (Å²) in [5, 5.41) is 0. The number of hydrogen-bond donors (Lipinski definition) is 1. The highest BCUT2D eigenvalue weighted by molar-refractivity contribution is 5.29. The topological polar surface area (TPSA) is 47.7 Å². The van der Waals surface area contributed by atoms with Gasteiger partial charge in [0.2, 0.25) is 0 Å². The van der Waals surface area contributed by atoms with E-state index < -0.39 is 0 Å². The molecule has 0 radical (unpaired) electrons. The van der Waals surface area contributed by atoms with E-state index in [1.54, 1.807) is 7.11 Å². The summed E-state index contributed by atoms with van der Waals surface area (Å²) >= 11 is 0. The number of methoxy groups -OCH3 is 1. The van der Waals surface area contributed by atoms with E-state index in [1.165, 1.54) is 5.56 Å². The third-order valence-corrected chi connectivity index (χ3v) is 3.22. The molecule has 0 fully saturated rings. The van der Waals surface area contributed by atoms with Gasteiger partial charge in [-0.2, -0.15) is 0 Å². The number of rotatable bonds is 8. The monoisotopic (exact) mass is 266 g/mol. The zero-order valence-corrected chi connectivity index (χ0v) is 12.4. The van der Waals surface area contributed by atoms with Crippen LogP contribution in [0.15, 0.2) is 24.3 Å². The summed E-state index contributed by atoms with van der Waals surface area (Å²) in [7, 11) is 3.75.